The van der Waals surface area contributed by atoms with Gasteiger partial charge in [0.1, 0.15) is 11.6 Å². The molecule has 0 amide bonds. The fourth-order valence-corrected chi connectivity index (χ4v) is 2.18. The molecule has 0 bridgehead atoms. The van der Waals surface area contributed by atoms with Crippen molar-refractivity contribution in [1.29, 1.82) is 0 Å². The van der Waals surface area contributed by atoms with Crippen LogP contribution in [0.1, 0.15) is 19.3 Å². The van der Waals surface area contributed by atoms with Crippen molar-refractivity contribution in [3.05, 3.63) is 30.1 Å². The van der Waals surface area contributed by atoms with Gasteiger partial charge in [-0.3, -0.25) is 0 Å². The molecule has 0 saturated heterocycles. The van der Waals surface area contributed by atoms with E-state index in [0.29, 0.717) is 31.6 Å². The summed E-state index contributed by atoms with van der Waals surface area (Å²) < 4.78 is 39.3. The number of unbranched alkanes of at least 4 members (excludes halogenated alkanes) is 2. The Morgan fingerprint density at radius 1 is 1.24 bits per heavy atom. The van der Waals surface area contributed by atoms with Crippen LogP contribution in [0.4, 0.5) is 4.39 Å². The molecule has 0 N–H and O–H groups in total. The third-order valence-electron chi connectivity index (χ3n) is 2.10. The standard InChI is InChI=1S/C11H14ClFO3S/c12-17(14,15)8-3-1-2-7-16-11-6-4-5-10(13)9-11/h4-6,9H,1-3,7-8H2. The summed E-state index contributed by atoms with van der Waals surface area (Å²) in [5.41, 5.74) is 0. The Kier molecular flexibility index (Phi) is 5.71. The fraction of sp³-hybridized carbons (Fsp3) is 0.455. The van der Waals surface area contributed by atoms with Crippen LogP contribution in [0.15, 0.2) is 24.3 Å². The van der Waals surface area contributed by atoms with Gasteiger partial charge in [-0.25, -0.2) is 12.8 Å². The van der Waals surface area contributed by atoms with Crippen LogP contribution in [0.5, 0.6) is 5.75 Å². The minimum Gasteiger partial charge on any atom is -0.493 e. The van der Waals surface area contributed by atoms with Crippen molar-refractivity contribution in [3.8, 4) is 5.75 Å². The Balaban J connectivity index is 2.13. The largest absolute Gasteiger partial charge is 0.493 e. The van der Waals surface area contributed by atoms with Crippen molar-refractivity contribution >= 4 is 19.7 Å². The van der Waals surface area contributed by atoms with E-state index < -0.39 is 9.05 Å². The second-order valence-electron chi connectivity index (χ2n) is 3.61. The van der Waals surface area contributed by atoms with E-state index in [4.69, 9.17) is 15.4 Å². The second kappa shape index (κ2) is 6.81. The Morgan fingerprint density at radius 3 is 2.65 bits per heavy atom. The zero-order valence-corrected chi connectivity index (χ0v) is 10.8. The van der Waals surface area contributed by atoms with E-state index >= 15 is 0 Å². The molecule has 0 atom stereocenters. The molecule has 1 rings (SSSR count). The van der Waals surface area contributed by atoms with E-state index in [1.165, 1.54) is 12.1 Å². The minimum absolute atomic E-state index is 0.0193. The van der Waals surface area contributed by atoms with Crippen LogP contribution >= 0.6 is 10.7 Å². The molecule has 96 valence electrons. The molecule has 0 aliphatic rings. The second-order valence-corrected chi connectivity index (χ2v) is 6.51. The highest BCUT2D eigenvalue weighted by Crippen LogP contribution is 2.12. The molecule has 1 aromatic rings. The lowest BCUT2D eigenvalue weighted by Gasteiger charge is -2.05. The van der Waals surface area contributed by atoms with Crippen LogP contribution in [0.2, 0.25) is 0 Å². The number of halogens is 2. The van der Waals surface area contributed by atoms with E-state index in [9.17, 15) is 12.8 Å². The summed E-state index contributed by atoms with van der Waals surface area (Å²) in [5.74, 6) is 0.125. The Morgan fingerprint density at radius 2 is 2.00 bits per heavy atom. The van der Waals surface area contributed by atoms with Gasteiger partial charge in [-0.1, -0.05) is 6.07 Å². The summed E-state index contributed by atoms with van der Waals surface area (Å²) >= 11 is 0. The maximum absolute atomic E-state index is 12.8. The highest BCUT2D eigenvalue weighted by Gasteiger charge is 2.03. The van der Waals surface area contributed by atoms with E-state index in [0.717, 1.165) is 0 Å². The lowest BCUT2D eigenvalue weighted by Crippen LogP contribution is -2.00. The SMILES string of the molecule is O=S(=O)(Cl)CCCCCOc1cccc(F)c1. The molecule has 0 fully saturated rings. The van der Waals surface area contributed by atoms with Crippen molar-refractivity contribution in [1.82, 2.24) is 0 Å². The van der Waals surface area contributed by atoms with Gasteiger partial charge in [-0.05, 0) is 31.4 Å². The number of ether oxygens (including phenoxy) is 1. The topological polar surface area (TPSA) is 43.4 Å². The van der Waals surface area contributed by atoms with Crippen LogP contribution in [-0.4, -0.2) is 20.8 Å². The molecule has 0 spiro atoms. The smallest absolute Gasteiger partial charge is 0.232 e. The van der Waals surface area contributed by atoms with Crippen LogP contribution < -0.4 is 4.74 Å². The molecule has 0 unspecified atom stereocenters. The quantitative estimate of drug-likeness (QED) is 0.570. The van der Waals surface area contributed by atoms with Crippen molar-refractivity contribution in [2.24, 2.45) is 0 Å². The third kappa shape index (κ3) is 7.18. The first-order valence-corrected chi connectivity index (χ1v) is 7.76. The Hall–Kier alpha value is -0.810. The third-order valence-corrected chi connectivity index (χ3v) is 3.34. The summed E-state index contributed by atoms with van der Waals surface area (Å²) in [6, 6.07) is 5.90. The molecule has 1 aromatic carbocycles. The van der Waals surface area contributed by atoms with Crippen molar-refractivity contribution in [2.45, 2.75) is 19.3 Å². The van der Waals surface area contributed by atoms with Crippen molar-refractivity contribution in [3.63, 3.8) is 0 Å². The van der Waals surface area contributed by atoms with Gasteiger partial charge in [0.25, 0.3) is 0 Å². The molecule has 6 heteroatoms. The first kappa shape index (κ1) is 14.3. The van der Waals surface area contributed by atoms with Crippen molar-refractivity contribution < 1.29 is 17.5 Å². The molecule has 0 aromatic heterocycles. The lowest BCUT2D eigenvalue weighted by atomic mass is 10.2. The number of hydrogen-bond acceptors (Lipinski definition) is 3. The molecule has 0 radical (unpaired) electrons. The molecular formula is C11H14ClFO3S. The first-order valence-electron chi connectivity index (χ1n) is 5.28. The van der Waals surface area contributed by atoms with Crippen LogP contribution in [-0.2, 0) is 9.05 Å². The van der Waals surface area contributed by atoms with Gasteiger partial charge in [-0.2, -0.15) is 0 Å². The van der Waals surface area contributed by atoms with Gasteiger partial charge in [0, 0.05) is 16.7 Å². The van der Waals surface area contributed by atoms with Gasteiger partial charge in [-0.15, -0.1) is 0 Å². The average Bonchev–Trinajstić information content (AvgIpc) is 2.22. The summed E-state index contributed by atoms with van der Waals surface area (Å²) in [7, 11) is 1.67. The van der Waals surface area contributed by atoms with Gasteiger partial charge >= 0.3 is 0 Å². The van der Waals surface area contributed by atoms with Gasteiger partial charge in [0.15, 0.2) is 0 Å². The number of hydrogen-bond donors (Lipinski definition) is 0. The molecule has 3 nitrogen and oxygen atoms in total. The molecular weight excluding hydrogens is 267 g/mol. The first-order chi connectivity index (χ1) is 7.97. The molecule has 0 heterocycles. The minimum atomic E-state index is -3.39. The zero-order chi connectivity index (χ0) is 12.7. The van der Waals surface area contributed by atoms with Crippen LogP contribution in [0.3, 0.4) is 0 Å². The molecule has 0 aliphatic carbocycles. The summed E-state index contributed by atoms with van der Waals surface area (Å²) in [4.78, 5) is 0. The molecule has 0 saturated carbocycles. The van der Waals surface area contributed by atoms with E-state index in [2.05, 4.69) is 0 Å². The highest BCUT2D eigenvalue weighted by molar-refractivity contribution is 8.13. The van der Waals surface area contributed by atoms with Crippen molar-refractivity contribution in [2.75, 3.05) is 12.4 Å². The fourth-order valence-electron chi connectivity index (χ4n) is 1.30. The van der Waals surface area contributed by atoms with E-state index in [1.54, 1.807) is 12.1 Å². The van der Waals surface area contributed by atoms with E-state index in [1.807, 2.05) is 0 Å². The van der Waals surface area contributed by atoms with Crippen LogP contribution in [0, 0.1) is 5.82 Å². The Bertz CT molecular complexity index is 448. The maximum Gasteiger partial charge on any atom is 0.232 e. The van der Waals surface area contributed by atoms with E-state index in [-0.39, 0.29) is 11.6 Å². The normalized spacial score (nSPS) is 11.4. The predicted octanol–water partition coefficient (Wildman–Crippen LogP) is 2.94. The summed E-state index contributed by atoms with van der Waals surface area (Å²) in [5, 5.41) is 0. The van der Waals surface area contributed by atoms with Crippen LogP contribution in [0.25, 0.3) is 0 Å². The zero-order valence-electron chi connectivity index (χ0n) is 9.23. The van der Waals surface area contributed by atoms with Gasteiger partial charge in [0.2, 0.25) is 9.05 Å². The number of rotatable bonds is 7. The summed E-state index contributed by atoms with van der Waals surface area (Å²) in [6.07, 6.45) is 1.93. The lowest BCUT2D eigenvalue weighted by molar-refractivity contribution is 0.305. The molecule has 0 aliphatic heterocycles. The monoisotopic (exact) mass is 280 g/mol. The molecule has 17 heavy (non-hydrogen) atoms. The highest BCUT2D eigenvalue weighted by atomic mass is 35.7. The number of benzene rings is 1. The van der Waals surface area contributed by atoms with Gasteiger partial charge in [0.05, 0.1) is 12.4 Å². The average molecular weight is 281 g/mol. The Labute approximate surface area is 105 Å². The summed E-state index contributed by atoms with van der Waals surface area (Å²) in [6.45, 7) is 0.436. The predicted molar refractivity (Wildman–Crippen MR) is 65.4 cm³/mol. The maximum atomic E-state index is 12.8. The van der Waals surface area contributed by atoms with Gasteiger partial charge < -0.3 is 4.74 Å².